The van der Waals surface area contributed by atoms with Gasteiger partial charge in [0.05, 0.1) is 11.3 Å². The van der Waals surface area contributed by atoms with Gasteiger partial charge < -0.3 is 14.6 Å². The number of rotatable bonds is 6. The summed E-state index contributed by atoms with van der Waals surface area (Å²) < 4.78 is 10.5. The Morgan fingerprint density at radius 3 is 2.21 bits per heavy atom. The van der Waals surface area contributed by atoms with Crippen molar-refractivity contribution in [2.45, 2.75) is 66.5 Å². The highest BCUT2D eigenvalue weighted by Crippen LogP contribution is 2.22. The summed E-state index contributed by atoms with van der Waals surface area (Å²) in [6, 6.07) is 6.70. The van der Waals surface area contributed by atoms with Crippen LogP contribution in [0.4, 0.5) is 0 Å². The van der Waals surface area contributed by atoms with Crippen LogP contribution < -0.4 is 5.32 Å². The van der Waals surface area contributed by atoms with E-state index in [0.717, 1.165) is 11.1 Å². The zero-order chi connectivity index (χ0) is 21.1. The molecule has 1 atom stereocenters. The minimum atomic E-state index is -0.740. The van der Waals surface area contributed by atoms with E-state index in [0.29, 0.717) is 17.0 Å². The molecule has 1 heterocycles. The second kappa shape index (κ2) is 8.59. The van der Waals surface area contributed by atoms with E-state index >= 15 is 0 Å². The molecular weight excluding hydrogens is 356 g/mol. The van der Waals surface area contributed by atoms with Crippen molar-refractivity contribution < 1.29 is 18.8 Å². The standard InChI is InChI=1S/C22H30N2O4/c1-13(2)19(21(26)27-12-18-14(3)24-28-15(18)4)23-20(25)16-8-10-17(11-9-16)22(5,6)7/h8-11,13,19H,12H2,1-7H3,(H,23,25)/t19-/m1/s1. The van der Waals surface area contributed by atoms with Crippen LogP contribution in [0, 0.1) is 19.8 Å². The number of hydrogen-bond donors (Lipinski definition) is 1. The lowest BCUT2D eigenvalue weighted by Gasteiger charge is -2.22. The molecule has 1 N–H and O–H groups in total. The topological polar surface area (TPSA) is 81.4 Å². The number of esters is 1. The highest BCUT2D eigenvalue weighted by Gasteiger charge is 2.27. The van der Waals surface area contributed by atoms with E-state index in [1.807, 2.05) is 26.0 Å². The summed E-state index contributed by atoms with van der Waals surface area (Å²) >= 11 is 0. The van der Waals surface area contributed by atoms with Gasteiger partial charge in [0.15, 0.2) is 0 Å². The highest BCUT2D eigenvalue weighted by atomic mass is 16.5. The Labute approximate surface area is 166 Å². The Bertz CT molecular complexity index is 810. The number of aryl methyl sites for hydroxylation is 2. The number of benzene rings is 1. The van der Waals surface area contributed by atoms with E-state index in [-0.39, 0.29) is 23.8 Å². The van der Waals surface area contributed by atoms with Crippen LogP contribution in [-0.2, 0) is 21.6 Å². The van der Waals surface area contributed by atoms with Crippen molar-refractivity contribution in [2.24, 2.45) is 5.92 Å². The van der Waals surface area contributed by atoms with Gasteiger partial charge in [-0.05, 0) is 42.9 Å². The van der Waals surface area contributed by atoms with Crippen LogP contribution in [0.2, 0.25) is 0 Å². The molecular formula is C22H30N2O4. The smallest absolute Gasteiger partial charge is 0.329 e. The summed E-state index contributed by atoms with van der Waals surface area (Å²) in [7, 11) is 0. The molecule has 0 aliphatic carbocycles. The van der Waals surface area contributed by atoms with Crippen LogP contribution >= 0.6 is 0 Å². The first-order valence-corrected chi connectivity index (χ1v) is 9.50. The van der Waals surface area contributed by atoms with Crippen molar-refractivity contribution in [1.29, 1.82) is 0 Å². The zero-order valence-corrected chi connectivity index (χ0v) is 17.8. The molecule has 0 bridgehead atoms. The molecule has 0 saturated carbocycles. The quantitative estimate of drug-likeness (QED) is 0.756. The number of amides is 1. The lowest BCUT2D eigenvalue weighted by Crippen LogP contribution is -2.45. The SMILES string of the molecule is Cc1noc(C)c1COC(=O)[C@H](NC(=O)c1ccc(C(C)(C)C)cc1)C(C)C. The Morgan fingerprint density at radius 2 is 1.75 bits per heavy atom. The van der Waals surface area contributed by atoms with Crippen molar-refractivity contribution in [1.82, 2.24) is 10.5 Å². The van der Waals surface area contributed by atoms with E-state index in [2.05, 4.69) is 31.2 Å². The van der Waals surface area contributed by atoms with Gasteiger partial charge in [0.2, 0.25) is 0 Å². The predicted molar refractivity (Wildman–Crippen MR) is 107 cm³/mol. The minimum absolute atomic E-state index is 0.0114. The molecule has 0 saturated heterocycles. The van der Waals surface area contributed by atoms with Gasteiger partial charge in [-0.25, -0.2) is 4.79 Å². The third kappa shape index (κ3) is 5.21. The van der Waals surface area contributed by atoms with Gasteiger partial charge in [-0.15, -0.1) is 0 Å². The molecule has 1 aromatic heterocycles. The molecule has 2 rings (SSSR count). The number of carbonyl (C=O) groups is 2. The largest absolute Gasteiger partial charge is 0.459 e. The average Bonchev–Trinajstić information content (AvgIpc) is 2.94. The fraction of sp³-hybridized carbons (Fsp3) is 0.500. The van der Waals surface area contributed by atoms with Gasteiger partial charge in [-0.3, -0.25) is 4.79 Å². The molecule has 1 aromatic carbocycles. The van der Waals surface area contributed by atoms with Crippen LogP contribution in [0.15, 0.2) is 28.8 Å². The molecule has 152 valence electrons. The fourth-order valence-corrected chi connectivity index (χ4v) is 2.78. The van der Waals surface area contributed by atoms with E-state index in [1.165, 1.54) is 0 Å². The number of aromatic nitrogens is 1. The Hall–Kier alpha value is -2.63. The van der Waals surface area contributed by atoms with Crippen LogP contribution in [0.25, 0.3) is 0 Å². The molecule has 0 spiro atoms. The maximum atomic E-state index is 12.6. The van der Waals surface area contributed by atoms with Crippen LogP contribution in [-0.4, -0.2) is 23.1 Å². The van der Waals surface area contributed by atoms with Gasteiger partial charge in [-0.2, -0.15) is 0 Å². The van der Waals surface area contributed by atoms with Crippen molar-refractivity contribution in [3.05, 3.63) is 52.4 Å². The van der Waals surface area contributed by atoms with Crippen molar-refractivity contribution in [3.8, 4) is 0 Å². The molecule has 0 aliphatic rings. The maximum absolute atomic E-state index is 12.6. The highest BCUT2D eigenvalue weighted by molar-refractivity contribution is 5.96. The number of ether oxygens (including phenoxy) is 1. The molecule has 2 aromatic rings. The summed E-state index contributed by atoms with van der Waals surface area (Å²) in [4.78, 5) is 25.2. The fourth-order valence-electron chi connectivity index (χ4n) is 2.78. The van der Waals surface area contributed by atoms with Crippen LogP contribution in [0.3, 0.4) is 0 Å². The first-order valence-electron chi connectivity index (χ1n) is 9.50. The second-order valence-electron chi connectivity index (χ2n) is 8.43. The molecule has 6 heteroatoms. The molecule has 1 amide bonds. The van der Waals surface area contributed by atoms with Gasteiger partial charge in [0, 0.05) is 5.56 Å². The van der Waals surface area contributed by atoms with E-state index in [1.54, 1.807) is 26.0 Å². The molecule has 0 aliphatic heterocycles. The zero-order valence-electron chi connectivity index (χ0n) is 17.8. The maximum Gasteiger partial charge on any atom is 0.329 e. The molecule has 0 radical (unpaired) electrons. The van der Waals surface area contributed by atoms with Gasteiger partial charge in [0.1, 0.15) is 18.4 Å². The number of nitrogens with zero attached hydrogens (tertiary/aromatic N) is 1. The Balaban J connectivity index is 2.05. The van der Waals surface area contributed by atoms with Crippen LogP contribution in [0.1, 0.15) is 67.6 Å². The van der Waals surface area contributed by atoms with Crippen LogP contribution in [0.5, 0.6) is 0 Å². The third-order valence-corrected chi connectivity index (χ3v) is 4.76. The first-order chi connectivity index (χ1) is 13.0. The Kier molecular flexibility index (Phi) is 6.65. The molecule has 6 nitrogen and oxygen atoms in total. The molecule has 0 unspecified atom stereocenters. The van der Waals surface area contributed by atoms with E-state index < -0.39 is 12.0 Å². The summed E-state index contributed by atoms with van der Waals surface area (Å²) in [5, 5.41) is 6.65. The first kappa shape index (κ1) is 21.7. The second-order valence-corrected chi connectivity index (χ2v) is 8.43. The average molecular weight is 386 g/mol. The van der Waals surface area contributed by atoms with Crippen molar-refractivity contribution >= 4 is 11.9 Å². The number of nitrogens with one attached hydrogen (secondary N) is 1. The normalized spacial score (nSPS) is 12.7. The van der Waals surface area contributed by atoms with E-state index in [9.17, 15) is 9.59 Å². The lowest BCUT2D eigenvalue weighted by atomic mass is 9.86. The van der Waals surface area contributed by atoms with Gasteiger partial charge in [-0.1, -0.05) is 51.9 Å². The number of carbonyl (C=O) groups excluding carboxylic acids is 2. The van der Waals surface area contributed by atoms with Gasteiger partial charge in [0.25, 0.3) is 5.91 Å². The molecule has 0 fully saturated rings. The summed E-state index contributed by atoms with van der Waals surface area (Å²) in [5.74, 6) is -0.271. The summed E-state index contributed by atoms with van der Waals surface area (Å²) in [6.45, 7) is 13.7. The van der Waals surface area contributed by atoms with Crippen molar-refractivity contribution in [2.75, 3.05) is 0 Å². The van der Waals surface area contributed by atoms with Gasteiger partial charge >= 0.3 is 5.97 Å². The molecule has 28 heavy (non-hydrogen) atoms. The monoisotopic (exact) mass is 386 g/mol. The Morgan fingerprint density at radius 1 is 1.14 bits per heavy atom. The lowest BCUT2D eigenvalue weighted by molar-refractivity contribution is -0.148. The summed E-state index contributed by atoms with van der Waals surface area (Å²) in [6.07, 6.45) is 0. The third-order valence-electron chi connectivity index (χ3n) is 4.76. The predicted octanol–water partition coefficient (Wildman–Crippen LogP) is 4.09. The summed E-state index contributed by atoms with van der Waals surface area (Å²) in [5.41, 5.74) is 3.10. The minimum Gasteiger partial charge on any atom is -0.459 e. The van der Waals surface area contributed by atoms with Crippen molar-refractivity contribution in [3.63, 3.8) is 0 Å². The number of hydrogen-bond acceptors (Lipinski definition) is 5. The van der Waals surface area contributed by atoms with E-state index in [4.69, 9.17) is 9.26 Å².